The summed E-state index contributed by atoms with van der Waals surface area (Å²) in [6, 6.07) is 0.395. The van der Waals surface area contributed by atoms with E-state index in [4.69, 9.17) is 9.72 Å². The Balaban J connectivity index is 2.05. The zero-order valence-electron chi connectivity index (χ0n) is 9.60. The lowest BCUT2D eigenvalue weighted by Gasteiger charge is -2.34. The van der Waals surface area contributed by atoms with Crippen LogP contribution in [0.2, 0.25) is 0 Å². The number of alkyl halides is 1. The average molecular weight is 316 g/mol. The van der Waals surface area contributed by atoms with Gasteiger partial charge in [0.25, 0.3) is 0 Å². The molecule has 3 rings (SSSR count). The van der Waals surface area contributed by atoms with Crippen molar-refractivity contribution in [3.8, 4) is 0 Å². The summed E-state index contributed by atoms with van der Waals surface area (Å²) in [5.41, 5.74) is 1.23. The number of thiazole rings is 1. The van der Waals surface area contributed by atoms with E-state index < -0.39 is 0 Å². The number of hydrogen-bond acceptors (Lipinski definition) is 4. The van der Waals surface area contributed by atoms with Gasteiger partial charge in [-0.2, -0.15) is 0 Å². The molecule has 0 aliphatic carbocycles. The van der Waals surface area contributed by atoms with Gasteiger partial charge in [0.05, 0.1) is 24.9 Å². The van der Waals surface area contributed by atoms with E-state index in [0.717, 1.165) is 35.9 Å². The number of hydrogen-bond donors (Lipinski definition) is 0. The number of anilines is 1. The van der Waals surface area contributed by atoms with Crippen LogP contribution in [0.3, 0.4) is 0 Å². The van der Waals surface area contributed by atoms with E-state index in [2.05, 4.69) is 43.7 Å². The highest BCUT2D eigenvalue weighted by Gasteiger charge is 2.25. The summed E-state index contributed by atoms with van der Waals surface area (Å²) in [7, 11) is 0. The quantitative estimate of drug-likeness (QED) is 0.798. The molecule has 1 atom stereocenters. The van der Waals surface area contributed by atoms with E-state index in [1.807, 2.05) is 0 Å². The third-order valence-corrected chi connectivity index (χ3v) is 4.39. The van der Waals surface area contributed by atoms with Crippen molar-refractivity contribution in [3.63, 3.8) is 0 Å². The Hall–Kier alpha value is -0.590. The molecular formula is C11H14BrN3OS. The highest BCUT2D eigenvalue weighted by atomic mass is 79.9. The molecule has 3 heterocycles. The van der Waals surface area contributed by atoms with Gasteiger partial charge in [-0.1, -0.05) is 15.9 Å². The lowest BCUT2D eigenvalue weighted by atomic mass is 10.2. The normalized spacial score (nSPS) is 21.3. The fraction of sp³-hybridized carbons (Fsp3) is 0.545. The van der Waals surface area contributed by atoms with E-state index >= 15 is 0 Å². The van der Waals surface area contributed by atoms with Crippen LogP contribution in [0.1, 0.15) is 12.6 Å². The standard InChI is InChI=1S/C11H14BrN3OS/c1-8-7-16-4-2-14(8)10-9(6-12)15-3-5-17-11(15)13-10/h3,5,8H,2,4,6-7H2,1H3. The maximum atomic E-state index is 5.48. The topological polar surface area (TPSA) is 29.8 Å². The Labute approximate surface area is 112 Å². The van der Waals surface area contributed by atoms with Crippen molar-refractivity contribution in [3.05, 3.63) is 17.3 Å². The number of nitrogens with zero attached hydrogens (tertiary/aromatic N) is 3. The minimum Gasteiger partial charge on any atom is -0.377 e. The van der Waals surface area contributed by atoms with Crippen molar-refractivity contribution in [2.24, 2.45) is 0 Å². The molecule has 0 N–H and O–H groups in total. The SMILES string of the molecule is CC1COCCN1c1nc2sccn2c1CBr. The molecule has 0 radical (unpaired) electrons. The molecule has 0 saturated carbocycles. The summed E-state index contributed by atoms with van der Waals surface area (Å²) in [5, 5.41) is 2.89. The fourth-order valence-electron chi connectivity index (χ4n) is 2.22. The Kier molecular flexibility index (Phi) is 3.10. The summed E-state index contributed by atoms with van der Waals surface area (Å²) in [4.78, 5) is 8.15. The van der Waals surface area contributed by atoms with Crippen LogP contribution < -0.4 is 4.90 Å². The van der Waals surface area contributed by atoms with Crippen LogP contribution in [-0.2, 0) is 10.1 Å². The van der Waals surface area contributed by atoms with Crippen LogP contribution in [0.15, 0.2) is 11.6 Å². The Morgan fingerprint density at radius 2 is 2.53 bits per heavy atom. The first-order valence-electron chi connectivity index (χ1n) is 5.66. The van der Waals surface area contributed by atoms with E-state index in [1.165, 1.54) is 5.69 Å². The number of fused-ring (bicyclic) bond motifs is 1. The van der Waals surface area contributed by atoms with Crippen molar-refractivity contribution in [1.82, 2.24) is 9.38 Å². The molecule has 1 aliphatic rings. The van der Waals surface area contributed by atoms with Gasteiger partial charge in [0, 0.05) is 23.5 Å². The van der Waals surface area contributed by atoms with E-state index in [9.17, 15) is 0 Å². The molecule has 0 bridgehead atoms. The average Bonchev–Trinajstić information content (AvgIpc) is 2.89. The van der Waals surface area contributed by atoms with Gasteiger partial charge >= 0.3 is 0 Å². The zero-order chi connectivity index (χ0) is 11.8. The highest BCUT2D eigenvalue weighted by molar-refractivity contribution is 9.08. The predicted octanol–water partition coefficient (Wildman–Crippen LogP) is 2.52. The lowest BCUT2D eigenvalue weighted by molar-refractivity contribution is 0.0985. The maximum Gasteiger partial charge on any atom is 0.195 e. The van der Waals surface area contributed by atoms with Gasteiger partial charge in [-0.25, -0.2) is 4.98 Å². The van der Waals surface area contributed by atoms with Crippen molar-refractivity contribution >= 4 is 38.0 Å². The minimum absolute atomic E-state index is 0.395. The second-order valence-electron chi connectivity index (χ2n) is 4.19. The zero-order valence-corrected chi connectivity index (χ0v) is 12.0. The number of ether oxygens (including phenoxy) is 1. The van der Waals surface area contributed by atoms with Crippen LogP contribution in [-0.4, -0.2) is 35.2 Å². The smallest absolute Gasteiger partial charge is 0.195 e. The molecular weight excluding hydrogens is 302 g/mol. The van der Waals surface area contributed by atoms with Crippen molar-refractivity contribution < 1.29 is 4.74 Å². The van der Waals surface area contributed by atoms with Gasteiger partial charge in [0.1, 0.15) is 0 Å². The number of rotatable bonds is 2. The maximum absolute atomic E-state index is 5.48. The first-order valence-corrected chi connectivity index (χ1v) is 7.66. The molecule has 4 nitrogen and oxygen atoms in total. The molecule has 1 fully saturated rings. The van der Waals surface area contributed by atoms with Gasteiger partial charge in [-0.05, 0) is 6.92 Å². The predicted molar refractivity (Wildman–Crippen MR) is 73.3 cm³/mol. The van der Waals surface area contributed by atoms with E-state index in [0.29, 0.717) is 6.04 Å². The molecule has 17 heavy (non-hydrogen) atoms. The van der Waals surface area contributed by atoms with Gasteiger partial charge in [0.15, 0.2) is 10.8 Å². The summed E-state index contributed by atoms with van der Waals surface area (Å²) in [6.07, 6.45) is 2.08. The van der Waals surface area contributed by atoms with Gasteiger partial charge in [-0.3, -0.25) is 4.40 Å². The Morgan fingerprint density at radius 3 is 3.29 bits per heavy atom. The van der Waals surface area contributed by atoms with Crippen LogP contribution in [0.5, 0.6) is 0 Å². The molecule has 92 valence electrons. The third kappa shape index (κ3) is 1.88. The molecule has 6 heteroatoms. The fourth-order valence-corrected chi connectivity index (χ4v) is 3.47. The number of imidazole rings is 1. The molecule has 1 unspecified atom stereocenters. The number of morpholine rings is 1. The number of halogens is 1. The first-order chi connectivity index (χ1) is 8.31. The molecule has 1 saturated heterocycles. The Bertz CT molecular complexity index is 524. The largest absolute Gasteiger partial charge is 0.377 e. The highest BCUT2D eigenvalue weighted by Crippen LogP contribution is 2.28. The third-order valence-electron chi connectivity index (χ3n) is 3.11. The van der Waals surface area contributed by atoms with Crippen molar-refractivity contribution in [1.29, 1.82) is 0 Å². The summed E-state index contributed by atoms with van der Waals surface area (Å²) in [6.45, 7) is 4.68. The molecule has 1 aliphatic heterocycles. The minimum atomic E-state index is 0.395. The second kappa shape index (κ2) is 4.59. The van der Waals surface area contributed by atoms with Gasteiger partial charge < -0.3 is 9.64 Å². The van der Waals surface area contributed by atoms with Gasteiger partial charge in [0.2, 0.25) is 0 Å². The van der Waals surface area contributed by atoms with E-state index in [1.54, 1.807) is 11.3 Å². The molecule has 0 aromatic carbocycles. The second-order valence-corrected chi connectivity index (χ2v) is 5.62. The number of aromatic nitrogens is 2. The van der Waals surface area contributed by atoms with Crippen LogP contribution >= 0.6 is 27.3 Å². The van der Waals surface area contributed by atoms with E-state index in [-0.39, 0.29) is 0 Å². The summed E-state index contributed by atoms with van der Waals surface area (Å²) in [5.74, 6) is 1.10. The molecule has 2 aromatic rings. The summed E-state index contributed by atoms with van der Waals surface area (Å²) >= 11 is 5.24. The van der Waals surface area contributed by atoms with Crippen molar-refractivity contribution in [2.45, 2.75) is 18.3 Å². The first kappa shape index (κ1) is 11.5. The van der Waals surface area contributed by atoms with Crippen LogP contribution in [0, 0.1) is 0 Å². The lowest BCUT2D eigenvalue weighted by Crippen LogP contribution is -2.44. The molecule has 2 aromatic heterocycles. The molecule has 0 amide bonds. The Morgan fingerprint density at radius 1 is 1.65 bits per heavy atom. The van der Waals surface area contributed by atoms with Gasteiger partial charge in [-0.15, -0.1) is 11.3 Å². The van der Waals surface area contributed by atoms with Crippen molar-refractivity contribution in [2.75, 3.05) is 24.7 Å². The van der Waals surface area contributed by atoms with Crippen LogP contribution in [0.25, 0.3) is 4.96 Å². The van der Waals surface area contributed by atoms with Crippen LogP contribution in [0.4, 0.5) is 5.82 Å². The monoisotopic (exact) mass is 315 g/mol. The summed E-state index contributed by atoms with van der Waals surface area (Å²) < 4.78 is 7.64. The molecule has 0 spiro atoms.